The van der Waals surface area contributed by atoms with Crippen LogP contribution in [0.25, 0.3) is 0 Å². The number of esters is 1. The lowest BCUT2D eigenvalue weighted by Gasteiger charge is -2.21. The van der Waals surface area contributed by atoms with Crippen LogP contribution in [0.5, 0.6) is 5.75 Å². The second-order valence-electron chi connectivity index (χ2n) is 9.22. The van der Waals surface area contributed by atoms with Gasteiger partial charge in [-0.15, -0.1) is 0 Å². The highest BCUT2D eigenvalue weighted by Gasteiger charge is 2.36. The number of carbonyl (C=O) groups excluding carboxylic acids is 2. The largest absolute Gasteiger partial charge is 0.496 e. The summed E-state index contributed by atoms with van der Waals surface area (Å²) in [6.45, 7) is 6.51. The average Bonchev–Trinajstić information content (AvgIpc) is 3.46. The van der Waals surface area contributed by atoms with Gasteiger partial charge >= 0.3 is 11.9 Å². The highest BCUT2D eigenvalue weighted by molar-refractivity contribution is 6.76. The predicted molar refractivity (Wildman–Crippen MR) is 139 cm³/mol. The van der Waals surface area contributed by atoms with Crippen molar-refractivity contribution in [3.8, 4) is 5.75 Å². The number of carboxylic acids is 1. The fraction of sp³-hybridized carbons (Fsp3) is 0.560. The first-order valence-corrected chi connectivity index (χ1v) is 13.0. The van der Waals surface area contributed by atoms with E-state index in [1.54, 1.807) is 6.92 Å². The number of nitrogens with zero attached hydrogens (tertiary/aromatic N) is 1. The summed E-state index contributed by atoms with van der Waals surface area (Å²) in [5.74, 6) is -2.38. The number of hydrogen-bond donors (Lipinski definition) is 2. The van der Waals surface area contributed by atoms with E-state index < -0.39 is 27.6 Å². The van der Waals surface area contributed by atoms with E-state index in [9.17, 15) is 19.5 Å². The Labute approximate surface area is 225 Å². The number of benzene rings is 1. The lowest BCUT2D eigenvalue weighted by molar-refractivity contribution is -0.142. The maximum absolute atomic E-state index is 12.6. The number of rotatable bonds is 10. The molecule has 2 N–H and O–H groups in total. The maximum atomic E-state index is 12.6. The summed E-state index contributed by atoms with van der Waals surface area (Å²) in [6, 6.07) is 0. The number of cyclic esters (lactones) is 1. The molecule has 0 bridgehead atoms. The van der Waals surface area contributed by atoms with Crippen molar-refractivity contribution < 1.29 is 29.0 Å². The minimum Gasteiger partial charge on any atom is -0.496 e. The Bertz CT molecular complexity index is 1060. The van der Waals surface area contributed by atoms with Crippen molar-refractivity contribution in [2.24, 2.45) is 5.92 Å². The molecule has 2 heterocycles. The van der Waals surface area contributed by atoms with Crippen LogP contribution < -0.4 is 10.1 Å². The SMILES string of the molecule is COc1c(C)c2c(c(NC(=O)C(Cl)(Cl)Cl)c1C/C=C(\C)CC(CCN1CCCC1)C(=O)O)C(=O)OC2. The minimum atomic E-state index is -2.25. The van der Waals surface area contributed by atoms with Crippen molar-refractivity contribution in [1.29, 1.82) is 0 Å². The summed E-state index contributed by atoms with van der Waals surface area (Å²) >= 11 is 17.3. The number of hydrogen-bond acceptors (Lipinski definition) is 6. The molecule has 0 radical (unpaired) electrons. The van der Waals surface area contributed by atoms with Gasteiger partial charge in [-0.3, -0.25) is 9.59 Å². The van der Waals surface area contributed by atoms with Crippen LogP contribution in [0.2, 0.25) is 0 Å². The van der Waals surface area contributed by atoms with Gasteiger partial charge in [0.15, 0.2) is 0 Å². The Morgan fingerprint density at radius 1 is 1.28 bits per heavy atom. The predicted octanol–water partition coefficient (Wildman–Crippen LogP) is 5.05. The maximum Gasteiger partial charge on any atom is 0.341 e. The van der Waals surface area contributed by atoms with Crippen LogP contribution in [0.3, 0.4) is 0 Å². The third-order valence-electron chi connectivity index (χ3n) is 6.74. The quantitative estimate of drug-likeness (QED) is 0.234. The van der Waals surface area contributed by atoms with Gasteiger partial charge in [-0.05, 0) is 71.1 Å². The third kappa shape index (κ3) is 6.65. The Morgan fingerprint density at radius 3 is 2.53 bits per heavy atom. The second kappa shape index (κ2) is 12.0. The number of amides is 1. The molecule has 36 heavy (non-hydrogen) atoms. The fourth-order valence-corrected chi connectivity index (χ4v) is 4.92. The highest BCUT2D eigenvalue weighted by atomic mass is 35.6. The summed E-state index contributed by atoms with van der Waals surface area (Å²) in [4.78, 5) is 39.3. The van der Waals surface area contributed by atoms with Gasteiger partial charge in [-0.1, -0.05) is 46.5 Å². The molecule has 198 valence electrons. The van der Waals surface area contributed by atoms with Gasteiger partial charge in [-0.2, -0.15) is 0 Å². The van der Waals surface area contributed by atoms with Crippen LogP contribution in [0.15, 0.2) is 11.6 Å². The smallest absolute Gasteiger partial charge is 0.341 e. The van der Waals surface area contributed by atoms with Crippen LogP contribution in [0.4, 0.5) is 5.69 Å². The van der Waals surface area contributed by atoms with Crippen molar-refractivity contribution in [2.75, 3.05) is 32.1 Å². The van der Waals surface area contributed by atoms with E-state index in [2.05, 4.69) is 10.2 Å². The first-order valence-electron chi connectivity index (χ1n) is 11.8. The topological polar surface area (TPSA) is 105 Å². The van der Waals surface area contributed by atoms with Crippen molar-refractivity contribution in [2.45, 2.75) is 56.4 Å². The second-order valence-corrected chi connectivity index (χ2v) is 11.5. The molecule has 3 rings (SSSR count). The molecule has 1 saturated heterocycles. The molecule has 1 unspecified atom stereocenters. The number of methoxy groups -OCH3 is 1. The Balaban J connectivity index is 1.90. The van der Waals surface area contributed by atoms with E-state index >= 15 is 0 Å². The number of alkyl halides is 3. The zero-order chi connectivity index (χ0) is 26.6. The molecule has 2 aliphatic heterocycles. The molecule has 0 saturated carbocycles. The third-order valence-corrected chi connectivity index (χ3v) is 7.25. The molecule has 0 aliphatic carbocycles. The van der Waals surface area contributed by atoms with Gasteiger partial charge in [0.25, 0.3) is 9.70 Å². The van der Waals surface area contributed by atoms with E-state index in [4.69, 9.17) is 44.3 Å². The van der Waals surface area contributed by atoms with Crippen LogP contribution in [-0.4, -0.2) is 58.4 Å². The normalized spacial score (nSPS) is 17.1. The Kier molecular flexibility index (Phi) is 9.55. The van der Waals surface area contributed by atoms with Crippen molar-refractivity contribution in [3.05, 3.63) is 33.9 Å². The molecular weight excluding hydrogens is 531 g/mol. The fourth-order valence-electron chi connectivity index (χ4n) is 4.78. The lowest BCUT2D eigenvalue weighted by atomic mass is 9.92. The van der Waals surface area contributed by atoms with E-state index in [1.807, 2.05) is 13.0 Å². The van der Waals surface area contributed by atoms with Crippen LogP contribution in [0.1, 0.15) is 59.7 Å². The Hall–Kier alpha value is -2.00. The van der Waals surface area contributed by atoms with Crippen LogP contribution in [0, 0.1) is 12.8 Å². The number of aliphatic carboxylic acids is 1. The number of nitrogens with one attached hydrogen (secondary N) is 1. The summed E-state index contributed by atoms with van der Waals surface area (Å²) < 4.78 is 8.61. The number of likely N-dealkylation sites (tertiary alicyclic amines) is 1. The minimum absolute atomic E-state index is 0.0411. The highest BCUT2D eigenvalue weighted by Crippen LogP contribution is 2.42. The van der Waals surface area contributed by atoms with Crippen molar-refractivity contribution in [1.82, 2.24) is 4.90 Å². The van der Waals surface area contributed by atoms with Gasteiger partial charge in [0, 0.05) is 11.1 Å². The van der Waals surface area contributed by atoms with E-state index in [1.165, 1.54) is 7.11 Å². The Morgan fingerprint density at radius 2 is 1.94 bits per heavy atom. The number of fused-ring (bicyclic) bond motifs is 1. The molecule has 1 amide bonds. The van der Waals surface area contributed by atoms with Gasteiger partial charge < -0.3 is 24.8 Å². The zero-order valence-electron chi connectivity index (χ0n) is 20.6. The lowest BCUT2D eigenvalue weighted by Crippen LogP contribution is -2.28. The number of allylic oxidation sites excluding steroid dienone is 2. The molecule has 1 atom stereocenters. The van der Waals surface area contributed by atoms with E-state index in [0.29, 0.717) is 35.3 Å². The first-order chi connectivity index (χ1) is 16.9. The van der Waals surface area contributed by atoms with Gasteiger partial charge in [0.1, 0.15) is 12.4 Å². The molecule has 1 aromatic rings. The average molecular weight is 562 g/mol. The zero-order valence-corrected chi connectivity index (χ0v) is 22.9. The molecular formula is C25H31Cl3N2O6. The molecule has 2 aliphatic rings. The number of carbonyl (C=O) groups is 3. The molecule has 0 aromatic heterocycles. The first kappa shape index (κ1) is 28.6. The molecule has 0 spiro atoms. The molecule has 1 aromatic carbocycles. The number of halogens is 3. The molecule has 11 heteroatoms. The van der Waals surface area contributed by atoms with Gasteiger partial charge in [0.05, 0.1) is 24.3 Å². The van der Waals surface area contributed by atoms with E-state index in [0.717, 1.165) is 38.0 Å². The number of ether oxygens (including phenoxy) is 2. The summed E-state index contributed by atoms with van der Waals surface area (Å²) in [5.41, 5.74) is 3.04. The monoisotopic (exact) mass is 560 g/mol. The van der Waals surface area contributed by atoms with E-state index in [-0.39, 0.29) is 24.3 Å². The molecule has 8 nitrogen and oxygen atoms in total. The number of carboxylic acid groups (broad SMARTS) is 1. The van der Waals surface area contributed by atoms with Crippen LogP contribution in [-0.2, 0) is 27.4 Å². The van der Waals surface area contributed by atoms with Crippen LogP contribution >= 0.6 is 34.8 Å². The standard InChI is InChI=1S/C25H31Cl3N2O6/c1-14(12-16(22(31)32)8-11-30-9-4-5-10-30)6-7-17-20(29-24(34)25(26,27)28)19-18(13-36-23(19)33)15(2)21(17)35-3/h6,16H,4-5,7-13H2,1-3H3,(H,29,34)(H,31,32)/b14-6+. The van der Waals surface area contributed by atoms with Gasteiger partial charge in [0.2, 0.25) is 0 Å². The summed E-state index contributed by atoms with van der Waals surface area (Å²) in [7, 11) is 1.49. The summed E-state index contributed by atoms with van der Waals surface area (Å²) in [6.07, 6.45) is 5.39. The number of anilines is 1. The van der Waals surface area contributed by atoms with Gasteiger partial charge in [-0.25, -0.2) is 4.79 Å². The van der Waals surface area contributed by atoms with Crippen molar-refractivity contribution >= 4 is 58.3 Å². The van der Waals surface area contributed by atoms with Crippen molar-refractivity contribution in [3.63, 3.8) is 0 Å². The summed E-state index contributed by atoms with van der Waals surface area (Å²) in [5, 5.41) is 12.3. The molecule has 1 fully saturated rings.